The first-order chi connectivity index (χ1) is 10.4. The van der Waals surface area contributed by atoms with Crippen LogP contribution in [0.1, 0.15) is 21.5 Å². The van der Waals surface area contributed by atoms with Gasteiger partial charge in [-0.05, 0) is 24.6 Å². The van der Waals surface area contributed by atoms with Crippen molar-refractivity contribution in [1.82, 2.24) is 0 Å². The molecule has 1 heterocycles. The molecule has 2 aromatic rings. The average molecular weight is 297 g/mol. The van der Waals surface area contributed by atoms with Gasteiger partial charge in [0.15, 0.2) is 0 Å². The van der Waals surface area contributed by atoms with Crippen molar-refractivity contribution >= 4 is 22.8 Å². The molecule has 0 saturated carbocycles. The van der Waals surface area contributed by atoms with Crippen molar-refractivity contribution in [2.24, 2.45) is 0 Å². The standard InChI is InChI=1S/C16H15N3O3/c1-8-6-12-13(7-11(8)17)18-15(21)10-5-3-2-4-9(10)14(20)16(15,22)19-12/h2-7,18-19,21-22H,17H2,1H3. The summed E-state index contributed by atoms with van der Waals surface area (Å²) >= 11 is 0. The number of hydrogen-bond acceptors (Lipinski definition) is 6. The molecular formula is C16H15N3O3. The lowest BCUT2D eigenvalue weighted by Crippen LogP contribution is -2.63. The molecule has 1 aliphatic carbocycles. The number of nitrogens with two attached hydrogens (primary N) is 1. The second-order valence-electron chi connectivity index (χ2n) is 5.80. The number of ketones is 1. The van der Waals surface area contributed by atoms with Crippen molar-refractivity contribution in [2.75, 3.05) is 16.4 Å². The highest BCUT2D eigenvalue weighted by atomic mass is 16.4. The summed E-state index contributed by atoms with van der Waals surface area (Å²) in [6.07, 6.45) is 0. The first kappa shape index (κ1) is 13.1. The monoisotopic (exact) mass is 297 g/mol. The van der Waals surface area contributed by atoms with E-state index in [4.69, 9.17) is 5.73 Å². The molecule has 112 valence electrons. The number of nitrogen functional groups attached to an aromatic ring is 1. The molecule has 0 amide bonds. The maximum atomic E-state index is 12.6. The third-order valence-corrected chi connectivity index (χ3v) is 4.45. The van der Waals surface area contributed by atoms with Crippen LogP contribution >= 0.6 is 0 Å². The first-order valence-corrected chi connectivity index (χ1v) is 6.92. The number of fused-ring (bicyclic) bond motifs is 4. The summed E-state index contributed by atoms with van der Waals surface area (Å²) in [5.74, 6) is -0.571. The van der Waals surface area contributed by atoms with E-state index in [9.17, 15) is 15.0 Å². The second-order valence-corrected chi connectivity index (χ2v) is 5.80. The molecule has 0 bridgehead atoms. The zero-order chi connectivity index (χ0) is 15.7. The summed E-state index contributed by atoms with van der Waals surface area (Å²) in [4.78, 5) is 12.6. The van der Waals surface area contributed by atoms with Crippen LogP contribution in [0.5, 0.6) is 0 Å². The summed E-state index contributed by atoms with van der Waals surface area (Å²) in [7, 11) is 0. The molecule has 6 N–H and O–H groups in total. The van der Waals surface area contributed by atoms with Gasteiger partial charge in [-0.25, -0.2) is 0 Å². The average Bonchev–Trinajstić information content (AvgIpc) is 2.65. The van der Waals surface area contributed by atoms with Crippen molar-refractivity contribution in [3.8, 4) is 0 Å². The summed E-state index contributed by atoms with van der Waals surface area (Å²) in [5.41, 5.74) is 4.81. The number of hydrogen-bond donors (Lipinski definition) is 5. The van der Waals surface area contributed by atoms with Crippen molar-refractivity contribution in [2.45, 2.75) is 18.4 Å². The molecule has 4 rings (SSSR count). The molecule has 6 heteroatoms. The molecule has 2 aliphatic rings. The smallest absolute Gasteiger partial charge is 0.254 e. The van der Waals surface area contributed by atoms with Gasteiger partial charge in [0, 0.05) is 16.8 Å². The number of rotatable bonds is 0. The van der Waals surface area contributed by atoms with Crippen LogP contribution in [0.3, 0.4) is 0 Å². The molecule has 2 atom stereocenters. The number of aryl methyl sites for hydroxylation is 1. The lowest BCUT2D eigenvalue weighted by molar-refractivity contribution is -0.0913. The quantitative estimate of drug-likeness (QED) is 0.467. The van der Waals surface area contributed by atoms with Crippen molar-refractivity contribution in [3.05, 3.63) is 53.1 Å². The maximum Gasteiger partial charge on any atom is 0.254 e. The number of Topliss-reactive ketones (excluding diaryl/α,β-unsaturated/α-hetero) is 1. The lowest BCUT2D eigenvalue weighted by atomic mass is 9.94. The number of carbonyl (C=O) groups excluding carboxylic acids is 1. The van der Waals surface area contributed by atoms with E-state index in [0.29, 0.717) is 22.6 Å². The minimum Gasteiger partial charge on any atom is -0.398 e. The molecule has 0 aromatic heterocycles. The summed E-state index contributed by atoms with van der Waals surface area (Å²) in [5, 5.41) is 27.5. The van der Waals surface area contributed by atoms with Crippen molar-refractivity contribution in [3.63, 3.8) is 0 Å². The highest BCUT2D eigenvalue weighted by Crippen LogP contribution is 2.50. The van der Waals surface area contributed by atoms with E-state index in [1.54, 1.807) is 36.4 Å². The largest absolute Gasteiger partial charge is 0.398 e. The predicted octanol–water partition coefficient (Wildman–Crippen LogP) is 1.14. The molecule has 0 spiro atoms. The fourth-order valence-corrected chi connectivity index (χ4v) is 3.18. The Morgan fingerprint density at radius 3 is 2.45 bits per heavy atom. The number of anilines is 3. The summed E-state index contributed by atoms with van der Waals surface area (Å²) < 4.78 is 0. The van der Waals surface area contributed by atoms with Gasteiger partial charge in [0.2, 0.25) is 11.5 Å². The summed E-state index contributed by atoms with van der Waals surface area (Å²) in [6.45, 7) is 1.83. The zero-order valence-electron chi connectivity index (χ0n) is 11.8. The minimum absolute atomic E-state index is 0.282. The van der Waals surface area contributed by atoms with E-state index in [1.165, 1.54) is 0 Å². The van der Waals surface area contributed by atoms with Crippen LogP contribution in [0, 0.1) is 6.92 Å². The molecule has 2 unspecified atom stereocenters. The van der Waals surface area contributed by atoms with Crippen LogP contribution < -0.4 is 16.4 Å². The summed E-state index contributed by atoms with van der Waals surface area (Å²) in [6, 6.07) is 9.99. The van der Waals surface area contributed by atoms with Crippen LogP contribution in [0.2, 0.25) is 0 Å². The SMILES string of the molecule is Cc1cc2c(cc1N)NC1(O)c3ccccc3C(=O)C1(O)N2. The van der Waals surface area contributed by atoms with E-state index in [0.717, 1.165) is 5.56 Å². The molecule has 1 aliphatic heterocycles. The van der Waals surface area contributed by atoms with Crippen LogP contribution in [-0.4, -0.2) is 21.7 Å². The van der Waals surface area contributed by atoms with Crippen LogP contribution in [0.15, 0.2) is 36.4 Å². The van der Waals surface area contributed by atoms with Crippen LogP contribution in [-0.2, 0) is 5.72 Å². The van der Waals surface area contributed by atoms with Crippen molar-refractivity contribution < 1.29 is 15.0 Å². The third kappa shape index (κ3) is 1.33. The zero-order valence-corrected chi connectivity index (χ0v) is 11.8. The molecule has 0 fully saturated rings. The normalized spacial score (nSPS) is 28.2. The van der Waals surface area contributed by atoms with E-state index in [-0.39, 0.29) is 5.56 Å². The van der Waals surface area contributed by atoms with Crippen molar-refractivity contribution in [1.29, 1.82) is 0 Å². The Hall–Kier alpha value is -2.57. The molecule has 6 nitrogen and oxygen atoms in total. The van der Waals surface area contributed by atoms with Crippen LogP contribution in [0.4, 0.5) is 17.1 Å². The Labute approximate surface area is 126 Å². The number of aliphatic hydroxyl groups is 2. The van der Waals surface area contributed by atoms with Gasteiger partial charge in [-0.15, -0.1) is 0 Å². The Balaban J connectivity index is 1.97. The molecule has 0 radical (unpaired) electrons. The van der Waals surface area contributed by atoms with E-state index < -0.39 is 17.2 Å². The second kappa shape index (κ2) is 3.79. The fourth-order valence-electron chi connectivity index (χ4n) is 3.18. The maximum absolute atomic E-state index is 12.6. The highest BCUT2D eigenvalue weighted by molar-refractivity contribution is 6.11. The fraction of sp³-hybridized carbons (Fsp3) is 0.188. The van der Waals surface area contributed by atoms with E-state index >= 15 is 0 Å². The van der Waals surface area contributed by atoms with Gasteiger partial charge >= 0.3 is 0 Å². The molecule has 2 aromatic carbocycles. The lowest BCUT2D eigenvalue weighted by Gasteiger charge is -2.44. The third-order valence-electron chi connectivity index (χ3n) is 4.45. The first-order valence-electron chi connectivity index (χ1n) is 6.92. The van der Waals surface area contributed by atoms with Gasteiger partial charge < -0.3 is 26.6 Å². The Kier molecular flexibility index (Phi) is 2.26. The number of carbonyl (C=O) groups is 1. The predicted molar refractivity (Wildman–Crippen MR) is 82.5 cm³/mol. The topological polar surface area (TPSA) is 108 Å². The van der Waals surface area contributed by atoms with Gasteiger partial charge in [0.05, 0.1) is 11.4 Å². The van der Waals surface area contributed by atoms with Gasteiger partial charge in [0.25, 0.3) is 5.72 Å². The van der Waals surface area contributed by atoms with Gasteiger partial charge in [-0.1, -0.05) is 24.3 Å². The van der Waals surface area contributed by atoms with Gasteiger partial charge in [-0.2, -0.15) is 0 Å². The number of nitrogens with one attached hydrogen (secondary N) is 2. The minimum atomic E-state index is -2.16. The highest BCUT2D eigenvalue weighted by Gasteiger charge is 2.65. The van der Waals surface area contributed by atoms with E-state index in [1.807, 2.05) is 6.92 Å². The number of benzene rings is 2. The van der Waals surface area contributed by atoms with Gasteiger partial charge in [-0.3, -0.25) is 4.79 Å². The van der Waals surface area contributed by atoms with Gasteiger partial charge in [0.1, 0.15) is 0 Å². The molecule has 0 saturated heterocycles. The molecular weight excluding hydrogens is 282 g/mol. The Morgan fingerprint density at radius 1 is 1.05 bits per heavy atom. The van der Waals surface area contributed by atoms with E-state index in [2.05, 4.69) is 10.6 Å². The van der Waals surface area contributed by atoms with Crippen LogP contribution in [0.25, 0.3) is 0 Å². The molecule has 22 heavy (non-hydrogen) atoms. The Bertz CT molecular complexity index is 835. The Morgan fingerprint density at radius 2 is 1.68 bits per heavy atom.